The monoisotopic (exact) mass is 588 g/mol. The Hall–Kier alpha value is -3.76. The lowest BCUT2D eigenvalue weighted by Crippen LogP contribution is -2.59. The van der Waals surface area contributed by atoms with Crippen LogP contribution in [0.1, 0.15) is 60.0 Å². The van der Waals surface area contributed by atoms with E-state index in [1.807, 2.05) is 0 Å². The number of benzene rings is 2. The van der Waals surface area contributed by atoms with Gasteiger partial charge in [0.05, 0.1) is 5.56 Å². The van der Waals surface area contributed by atoms with E-state index in [2.05, 4.69) is 10.3 Å². The molecule has 0 radical (unpaired) electrons. The summed E-state index contributed by atoms with van der Waals surface area (Å²) in [6, 6.07) is 9.11. The van der Waals surface area contributed by atoms with E-state index in [0.29, 0.717) is 40.8 Å². The Morgan fingerprint density at radius 1 is 0.952 bits per heavy atom. The second-order valence-electron chi connectivity index (χ2n) is 12.1. The van der Waals surface area contributed by atoms with Gasteiger partial charge in [0.1, 0.15) is 18.2 Å². The fraction of sp³-hybridized carbons (Fsp3) is 0.452. The Labute approximate surface area is 238 Å². The van der Waals surface area contributed by atoms with E-state index in [1.54, 1.807) is 18.2 Å². The predicted octanol–water partition coefficient (Wildman–Crippen LogP) is 6.87. The number of hydrogen-bond donors (Lipinski definition) is 2. The van der Waals surface area contributed by atoms with Crippen molar-refractivity contribution in [3.63, 3.8) is 0 Å². The fourth-order valence-corrected chi connectivity index (χ4v) is 7.79. The van der Waals surface area contributed by atoms with Crippen molar-refractivity contribution in [1.82, 2.24) is 10.3 Å². The summed E-state index contributed by atoms with van der Waals surface area (Å²) >= 11 is 0. The number of ether oxygens (including phenoxy) is 1. The first-order chi connectivity index (χ1) is 19.9. The highest BCUT2D eigenvalue weighted by atomic mass is 19.4. The predicted molar refractivity (Wildman–Crippen MR) is 142 cm³/mol. The molecular weight excluding hydrogens is 559 g/mol. The van der Waals surface area contributed by atoms with Crippen LogP contribution in [0.15, 0.2) is 54.7 Å². The SMILES string of the molecule is O=C(NC(C(=O)O)C12CC3CC(CC(C3)C1)C2)c1ccc2cccnc2c1OCc1ccc(C(F)(F)C(F)(F)F)cc1. The zero-order chi connectivity index (χ0) is 29.9. The number of carboxylic acids is 1. The lowest BCUT2D eigenvalue weighted by atomic mass is 9.47. The number of pyridine rings is 1. The summed E-state index contributed by atoms with van der Waals surface area (Å²) in [5.41, 5.74) is -1.04. The van der Waals surface area contributed by atoms with Crippen molar-refractivity contribution >= 4 is 22.8 Å². The highest BCUT2D eigenvalue weighted by molar-refractivity contribution is 6.04. The number of fused-ring (bicyclic) bond motifs is 1. The summed E-state index contributed by atoms with van der Waals surface area (Å²) in [6.45, 7) is -0.259. The molecule has 4 bridgehead atoms. The van der Waals surface area contributed by atoms with Crippen LogP contribution in [0.3, 0.4) is 0 Å². The van der Waals surface area contributed by atoms with Gasteiger partial charge in [0.2, 0.25) is 0 Å². The molecule has 6 nitrogen and oxygen atoms in total. The van der Waals surface area contributed by atoms with Crippen molar-refractivity contribution < 1.29 is 41.4 Å². The van der Waals surface area contributed by atoms with E-state index >= 15 is 0 Å². The molecule has 3 aromatic rings. The number of nitrogens with zero attached hydrogens (tertiary/aromatic N) is 1. The number of halogens is 5. The average molecular weight is 589 g/mol. The van der Waals surface area contributed by atoms with E-state index in [-0.39, 0.29) is 23.5 Å². The standard InChI is InChI=1S/C31H29F5N2O4/c32-30(33,31(34,35)36)22-6-3-17(4-7-22)16-42-25-23(8-5-21-2-1-9-37-24(21)25)27(39)38-26(28(40)41)29-13-18-10-19(14-29)12-20(11-18)15-29/h1-9,18-20,26H,10-16H2,(H,38,39)(H,40,41). The van der Waals surface area contributed by atoms with Gasteiger partial charge in [-0.05, 0) is 74.0 Å². The number of aliphatic carboxylic acids is 1. The molecule has 42 heavy (non-hydrogen) atoms. The molecule has 1 atom stereocenters. The Bertz CT molecular complexity index is 1490. The fourth-order valence-electron chi connectivity index (χ4n) is 7.79. The van der Waals surface area contributed by atoms with E-state index in [9.17, 15) is 36.6 Å². The number of aromatic nitrogens is 1. The van der Waals surface area contributed by atoms with Crippen LogP contribution in [0.5, 0.6) is 5.75 Å². The molecule has 0 aliphatic heterocycles. The van der Waals surface area contributed by atoms with E-state index in [0.717, 1.165) is 50.7 Å². The largest absolute Gasteiger partial charge is 0.486 e. The highest BCUT2D eigenvalue weighted by Crippen LogP contribution is 2.61. The molecule has 1 aromatic heterocycles. The topological polar surface area (TPSA) is 88.5 Å². The number of carbonyl (C=O) groups is 2. The molecule has 4 aliphatic carbocycles. The van der Waals surface area contributed by atoms with Crippen molar-refractivity contribution in [1.29, 1.82) is 0 Å². The molecule has 0 spiro atoms. The molecule has 2 N–H and O–H groups in total. The molecule has 1 unspecified atom stereocenters. The number of carbonyl (C=O) groups excluding carboxylic acids is 1. The minimum atomic E-state index is -5.73. The van der Waals surface area contributed by atoms with E-state index < -0.39 is 41.0 Å². The van der Waals surface area contributed by atoms with Gasteiger partial charge in [-0.2, -0.15) is 22.0 Å². The van der Waals surface area contributed by atoms with Gasteiger partial charge in [-0.15, -0.1) is 0 Å². The van der Waals surface area contributed by atoms with Crippen LogP contribution < -0.4 is 10.1 Å². The van der Waals surface area contributed by atoms with Gasteiger partial charge in [0.25, 0.3) is 5.91 Å². The van der Waals surface area contributed by atoms with Crippen molar-refractivity contribution in [3.05, 3.63) is 71.4 Å². The molecule has 1 amide bonds. The number of rotatable bonds is 8. The van der Waals surface area contributed by atoms with E-state index in [4.69, 9.17) is 4.74 Å². The maximum absolute atomic E-state index is 13.7. The van der Waals surface area contributed by atoms with Gasteiger partial charge >= 0.3 is 18.1 Å². The summed E-state index contributed by atoms with van der Waals surface area (Å²) in [4.78, 5) is 30.6. The number of amides is 1. The lowest BCUT2D eigenvalue weighted by Gasteiger charge is -2.58. The van der Waals surface area contributed by atoms with Gasteiger partial charge in [0.15, 0.2) is 5.75 Å². The lowest BCUT2D eigenvalue weighted by molar-refractivity contribution is -0.289. The number of carboxylic acid groups (broad SMARTS) is 1. The second kappa shape index (κ2) is 10.2. The smallest absolute Gasteiger partial charge is 0.458 e. The number of alkyl halides is 5. The van der Waals surface area contributed by atoms with E-state index in [1.165, 1.54) is 12.3 Å². The minimum Gasteiger partial charge on any atom is -0.486 e. The van der Waals surface area contributed by atoms with Gasteiger partial charge in [0, 0.05) is 22.6 Å². The van der Waals surface area contributed by atoms with Crippen LogP contribution in [-0.2, 0) is 17.3 Å². The van der Waals surface area contributed by atoms with Crippen LogP contribution in [0, 0.1) is 23.2 Å². The van der Waals surface area contributed by atoms with Crippen molar-refractivity contribution in [2.45, 2.75) is 63.3 Å². The molecule has 0 saturated heterocycles. The van der Waals surface area contributed by atoms with Gasteiger partial charge in [-0.1, -0.05) is 36.4 Å². The molecule has 222 valence electrons. The summed E-state index contributed by atoms with van der Waals surface area (Å²) in [6.07, 6.45) is 1.41. The van der Waals surface area contributed by atoms with Gasteiger partial charge in [-0.25, -0.2) is 4.79 Å². The summed E-state index contributed by atoms with van der Waals surface area (Å²) in [5, 5.41) is 13.7. The van der Waals surface area contributed by atoms with Crippen molar-refractivity contribution in [2.24, 2.45) is 23.2 Å². The van der Waals surface area contributed by atoms with Gasteiger partial charge in [-0.3, -0.25) is 9.78 Å². The maximum Gasteiger partial charge on any atom is 0.458 e. The molecule has 7 rings (SSSR count). The summed E-state index contributed by atoms with van der Waals surface area (Å²) in [7, 11) is 0. The summed E-state index contributed by atoms with van der Waals surface area (Å²) < 4.78 is 71.6. The van der Waals surface area contributed by atoms with Crippen LogP contribution in [0.4, 0.5) is 22.0 Å². The average Bonchev–Trinajstić information content (AvgIpc) is 2.93. The maximum atomic E-state index is 13.7. The molecular formula is C31H29F5N2O4. The van der Waals surface area contributed by atoms with Gasteiger partial charge < -0.3 is 15.2 Å². The molecule has 4 aliphatic rings. The van der Waals surface area contributed by atoms with Crippen LogP contribution in [0.2, 0.25) is 0 Å². The van der Waals surface area contributed by atoms with Crippen LogP contribution in [0.25, 0.3) is 10.9 Å². The third-order valence-electron chi connectivity index (χ3n) is 9.25. The van der Waals surface area contributed by atoms with Crippen LogP contribution in [-0.4, -0.2) is 34.2 Å². The highest BCUT2D eigenvalue weighted by Gasteiger charge is 2.59. The normalized spacial score (nSPS) is 25.8. The number of nitrogens with one attached hydrogen (secondary N) is 1. The van der Waals surface area contributed by atoms with Crippen LogP contribution >= 0.6 is 0 Å². The second-order valence-corrected chi connectivity index (χ2v) is 12.1. The Balaban J connectivity index is 1.27. The zero-order valence-electron chi connectivity index (χ0n) is 22.5. The zero-order valence-corrected chi connectivity index (χ0v) is 22.5. The van der Waals surface area contributed by atoms with Crippen molar-refractivity contribution in [2.75, 3.05) is 0 Å². The Kier molecular flexibility index (Phi) is 6.89. The molecule has 4 fully saturated rings. The molecule has 2 aromatic carbocycles. The third-order valence-corrected chi connectivity index (χ3v) is 9.25. The summed E-state index contributed by atoms with van der Waals surface area (Å²) in [5.74, 6) is -5.24. The third kappa shape index (κ3) is 4.96. The quantitative estimate of drug-likeness (QED) is 0.281. The first-order valence-electron chi connectivity index (χ1n) is 13.9. The molecule has 4 saturated carbocycles. The molecule has 11 heteroatoms. The number of hydrogen-bond acceptors (Lipinski definition) is 4. The Morgan fingerprint density at radius 2 is 1.57 bits per heavy atom. The van der Waals surface area contributed by atoms with Crippen molar-refractivity contribution in [3.8, 4) is 5.75 Å². The first-order valence-corrected chi connectivity index (χ1v) is 13.9. The Morgan fingerprint density at radius 3 is 2.14 bits per heavy atom. The molecule has 1 heterocycles. The first kappa shape index (κ1) is 28.4. The minimum absolute atomic E-state index is 0.0532.